The summed E-state index contributed by atoms with van der Waals surface area (Å²) in [4.78, 5) is 38.4. The lowest BCUT2D eigenvalue weighted by atomic mass is 9.87. The van der Waals surface area contributed by atoms with Crippen molar-refractivity contribution in [1.29, 1.82) is 0 Å². The van der Waals surface area contributed by atoms with E-state index in [0.717, 1.165) is 31.0 Å². The van der Waals surface area contributed by atoms with Gasteiger partial charge in [-0.25, -0.2) is 0 Å². The van der Waals surface area contributed by atoms with E-state index >= 15 is 0 Å². The van der Waals surface area contributed by atoms with Gasteiger partial charge in [0.05, 0.1) is 12.2 Å². The van der Waals surface area contributed by atoms with Crippen LogP contribution in [-0.4, -0.2) is 83.7 Å². The second-order valence-corrected chi connectivity index (χ2v) is 12.4. The van der Waals surface area contributed by atoms with Crippen LogP contribution in [-0.2, 0) is 38.1 Å². The first-order chi connectivity index (χ1) is 20.4. The molecule has 250 valence electrons. The molecule has 3 heterocycles. The van der Waals surface area contributed by atoms with Crippen molar-refractivity contribution in [3.63, 3.8) is 0 Å². The SMILES string of the molecule is CCC.CCCN=C1N[C@@H]2[C@@H](OC(C)=O)[C@H](C)[C@@H](CC)O[C@@H]2S1.CC[C@H]1OC(OC(C)=O)[C@H](NCS)[C@@H](OC(C)=O)[C@@H]1C. The van der Waals surface area contributed by atoms with Crippen LogP contribution in [0.3, 0.4) is 0 Å². The Morgan fingerprint density at radius 1 is 0.884 bits per heavy atom. The molecule has 3 saturated heterocycles. The fourth-order valence-electron chi connectivity index (χ4n) is 5.25. The van der Waals surface area contributed by atoms with Gasteiger partial charge >= 0.3 is 17.9 Å². The van der Waals surface area contributed by atoms with Crippen LogP contribution in [0.25, 0.3) is 0 Å². The van der Waals surface area contributed by atoms with Crippen molar-refractivity contribution in [3.05, 3.63) is 0 Å². The highest BCUT2D eigenvalue weighted by atomic mass is 32.2. The van der Waals surface area contributed by atoms with E-state index in [-0.39, 0.29) is 53.6 Å². The molecule has 3 rings (SSSR count). The van der Waals surface area contributed by atoms with E-state index < -0.39 is 24.4 Å². The third-order valence-electron chi connectivity index (χ3n) is 7.14. The lowest BCUT2D eigenvalue weighted by Gasteiger charge is -2.44. The number of hydrogen-bond donors (Lipinski definition) is 3. The van der Waals surface area contributed by atoms with Gasteiger partial charge in [-0.05, 0) is 19.3 Å². The highest BCUT2D eigenvalue weighted by Crippen LogP contribution is 2.38. The average molecular weight is 650 g/mol. The van der Waals surface area contributed by atoms with Crippen LogP contribution in [0.2, 0.25) is 0 Å². The van der Waals surface area contributed by atoms with Crippen LogP contribution in [0.15, 0.2) is 4.99 Å². The Hall–Kier alpha value is -1.54. The van der Waals surface area contributed by atoms with Gasteiger partial charge in [-0.2, -0.15) is 12.6 Å². The quantitative estimate of drug-likeness (QED) is 0.139. The van der Waals surface area contributed by atoms with Crippen molar-refractivity contribution >= 4 is 47.5 Å². The molecule has 10 atom stereocenters. The maximum Gasteiger partial charge on any atom is 0.304 e. The summed E-state index contributed by atoms with van der Waals surface area (Å²) in [5.41, 5.74) is -0.0175. The number of carbonyl (C=O) groups is 3. The van der Waals surface area contributed by atoms with Crippen LogP contribution >= 0.6 is 24.4 Å². The van der Waals surface area contributed by atoms with Crippen molar-refractivity contribution < 1.29 is 38.1 Å². The summed E-state index contributed by atoms with van der Waals surface area (Å²) in [7, 11) is 0. The molecule has 3 aliphatic rings. The smallest absolute Gasteiger partial charge is 0.304 e. The molecule has 1 unspecified atom stereocenters. The molecule has 0 aromatic carbocycles. The van der Waals surface area contributed by atoms with E-state index in [9.17, 15) is 14.4 Å². The van der Waals surface area contributed by atoms with Gasteiger partial charge in [0.25, 0.3) is 0 Å². The second kappa shape index (κ2) is 20.5. The Bertz CT molecular complexity index is 895. The Morgan fingerprint density at radius 2 is 1.40 bits per heavy atom. The molecular formula is C30H55N3O8S2. The van der Waals surface area contributed by atoms with Gasteiger partial charge in [0, 0.05) is 45.0 Å². The van der Waals surface area contributed by atoms with Crippen LogP contribution < -0.4 is 10.6 Å². The Morgan fingerprint density at radius 3 is 1.88 bits per heavy atom. The summed E-state index contributed by atoms with van der Waals surface area (Å²) >= 11 is 5.73. The van der Waals surface area contributed by atoms with Gasteiger partial charge in [0.1, 0.15) is 29.7 Å². The first-order valence-electron chi connectivity index (χ1n) is 15.5. The minimum atomic E-state index is -0.787. The molecule has 3 fully saturated rings. The molecule has 0 aromatic rings. The molecule has 2 N–H and O–H groups in total. The molecule has 0 aliphatic carbocycles. The summed E-state index contributed by atoms with van der Waals surface area (Å²) in [5.74, 6) is -0.509. The number of nitrogens with zero attached hydrogens (tertiary/aromatic N) is 1. The minimum Gasteiger partial charge on any atom is -0.460 e. The van der Waals surface area contributed by atoms with Gasteiger partial charge in [0.15, 0.2) is 5.17 Å². The number of rotatable bonds is 9. The van der Waals surface area contributed by atoms with Crippen molar-refractivity contribution in [3.8, 4) is 0 Å². The molecule has 0 aromatic heterocycles. The van der Waals surface area contributed by atoms with Gasteiger partial charge in [0.2, 0.25) is 6.29 Å². The van der Waals surface area contributed by atoms with Gasteiger partial charge < -0.3 is 29.0 Å². The van der Waals surface area contributed by atoms with Crippen molar-refractivity contribution in [2.75, 3.05) is 12.4 Å². The van der Waals surface area contributed by atoms with E-state index in [1.807, 2.05) is 13.8 Å². The third-order valence-corrected chi connectivity index (χ3v) is 8.43. The largest absolute Gasteiger partial charge is 0.460 e. The lowest BCUT2D eigenvalue weighted by Crippen LogP contribution is -2.61. The Labute approximate surface area is 268 Å². The molecule has 0 radical (unpaired) electrons. The Balaban J connectivity index is 0.000000394. The molecular weight excluding hydrogens is 594 g/mol. The first-order valence-corrected chi connectivity index (χ1v) is 17.0. The molecule has 0 spiro atoms. The van der Waals surface area contributed by atoms with Crippen LogP contribution in [0.1, 0.15) is 94.9 Å². The first kappa shape index (κ1) is 39.5. The number of aliphatic imine (C=N–C) groups is 1. The van der Waals surface area contributed by atoms with E-state index in [1.54, 1.807) is 11.8 Å². The predicted molar refractivity (Wildman–Crippen MR) is 173 cm³/mol. The lowest BCUT2D eigenvalue weighted by molar-refractivity contribution is -0.246. The molecule has 13 heteroatoms. The number of ether oxygens (including phenoxy) is 5. The summed E-state index contributed by atoms with van der Waals surface area (Å²) in [6.07, 6.45) is 2.55. The number of thiol groups is 1. The number of nitrogens with one attached hydrogen (secondary N) is 2. The minimum absolute atomic E-state index is 0.00249. The average Bonchev–Trinajstić information content (AvgIpc) is 3.35. The normalized spacial score (nSPS) is 33.9. The van der Waals surface area contributed by atoms with Gasteiger partial charge in [-0.3, -0.25) is 24.7 Å². The Kier molecular flexibility index (Phi) is 18.8. The third kappa shape index (κ3) is 12.4. The van der Waals surface area contributed by atoms with Crippen molar-refractivity contribution in [2.45, 2.75) is 143 Å². The zero-order valence-electron chi connectivity index (χ0n) is 27.6. The number of thioether (sulfide) groups is 1. The van der Waals surface area contributed by atoms with Gasteiger partial charge in [-0.1, -0.05) is 66.6 Å². The fourth-order valence-corrected chi connectivity index (χ4v) is 6.61. The van der Waals surface area contributed by atoms with E-state index in [2.05, 4.69) is 62.9 Å². The number of carbonyl (C=O) groups excluding carboxylic acids is 3. The summed E-state index contributed by atoms with van der Waals surface area (Å²) in [6.45, 7) is 19.4. The molecule has 11 nitrogen and oxygen atoms in total. The highest BCUT2D eigenvalue weighted by Gasteiger charge is 2.50. The van der Waals surface area contributed by atoms with Crippen molar-refractivity contribution in [2.24, 2.45) is 16.8 Å². The number of hydrogen-bond acceptors (Lipinski definition) is 12. The number of esters is 3. The molecule has 0 saturated carbocycles. The topological polar surface area (TPSA) is 134 Å². The number of amidine groups is 1. The van der Waals surface area contributed by atoms with Crippen LogP contribution in [0, 0.1) is 11.8 Å². The summed E-state index contributed by atoms with van der Waals surface area (Å²) in [5, 5.41) is 7.33. The highest BCUT2D eigenvalue weighted by molar-refractivity contribution is 8.14. The molecule has 0 amide bonds. The molecule has 0 bridgehead atoms. The van der Waals surface area contributed by atoms with E-state index in [0.29, 0.717) is 5.88 Å². The van der Waals surface area contributed by atoms with Crippen molar-refractivity contribution in [1.82, 2.24) is 10.6 Å². The number of fused-ring (bicyclic) bond motifs is 1. The predicted octanol–water partition coefficient (Wildman–Crippen LogP) is 4.67. The standard InChI is InChI=1S/C14H24N2O3S.C13H23NO5S.C3H8/c1-5-7-15-14-16-11-12(18-9(4)17)8(3)10(6-2)19-13(11)20-14;1-5-10-7(2)12(17-8(3)15)11(14-6-20)13(19-10)18-9(4)16;1-3-2/h8,10-13H,5-7H2,1-4H3,(H,15,16);7,10-14,20H,5-6H2,1-4H3;3H2,1-2H3/t8-,10-,11-,12+,13-;7-,10-,11-,12+,13?;/m11./s1. The maximum absolute atomic E-state index is 11.4. The van der Waals surface area contributed by atoms with Crippen LogP contribution in [0.4, 0.5) is 0 Å². The zero-order valence-corrected chi connectivity index (χ0v) is 29.3. The molecule has 3 aliphatic heterocycles. The van der Waals surface area contributed by atoms with Crippen LogP contribution in [0.5, 0.6) is 0 Å². The second-order valence-electron chi connectivity index (χ2n) is 10.9. The molecule has 43 heavy (non-hydrogen) atoms. The van der Waals surface area contributed by atoms with E-state index in [4.69, 9.17) is 23.7 Å². The zero-order chi connectivity index (χ0) is 32.7. The summed E-state index contributed by atoms with van der Waals surface area (Å²) < 4.78 is 28.1. The van der Waals surface area contributed by atoms with Gasteiger partial charge in [-0.15, -0.1) is 0 Å². The fraction of sp³-hybridized carbons (Fsp3) is 0.867. The summed E-state index contributed by atoms with van der Waals surface area (Å²) in [6, 6.07) is -0.435. The maximum atomic E-state index is 11.4. The van der Waals surface area contributed by atoms with E-state index in [1.165, 1.54) is 27.2 Å². The monoisotopic (exact) mass is 649 g/mol.